The minimum atomic E-state index is -4.37. The van der Waals surface area contributed by atoms with Gasteiger partial charge in [0.1, 0.15) is 6.04 Å². The van der Waals surface area contributed by atoms with Crippen LogP contribution in [-0.4, -0.2) is 37.9 Å². The van der Waals surface area contributed by atoms with E-state index in [1.807, 2.05) is 35.1 Å². The summed E-state index contributed by atoms with van der Waals surface area (Å²) in [5, 5.41) is 7.02. The van der Waals surface area contributed by atoms with Crippen molar-refractivity contribution in [3.63, 3.8) is 0 Å². The maximum atomic E-state index is 12.9. The van der Waals surface area contributed by atoms with Crippen molar-refractivity contribution in [2.24, 2.45) is 0 Å². The number of benzene rings is 3. The van der Waals surface area contributed by atoms with Gasteiger partial charge in [-0.2, -0.15) is 8.42 Å². The van der Waals surface area contributed by atoms with Gasteiger partial charge in [0, 0.05) is 19.0 Å². The van der Waals surface area contributed by atoms with Crippen LogP contribution in [0.2, 0.25) is 0 Å². The Kier molecular flexibility index (Phi) is 6.34. The molecule has 3 rings (SSSR count). The summed E-state index contributed by atoms with van der Waals surface area (Å²) in [5.74, 6) is -0.728. The Morgan fingerprint density at radius 3 is 2.30 bits per heavy atom. The van der Waals surface area contributed by atoms with Gasteiger partial charge in [0.25, 0.3) is 5.91 Å². The SMILES string of the molecule is CNC(=O)C(Cc1ccc(NS(=O)(=O)O)cc1)NC(=O)c1cccc2ccccc12. The summed E-state index contributed by atoms with van der Waals surface area (Å²) in [6.07, 6.45) is 0.197. The largest absolute Gasteiger partial charge is 0.357 e. The summed E-state index contributed by atoms with van der Waals surface area (Å²) >= 11 is 0. The van der Waals surface area contributed by atoms with Gasteiger partial charge in [0.05, 0.1) is 5.69 Å². The molecule has 30 heavy (non-hydrogen) atoms. The Hall–Kier alpha value is -3.43. The Morgan fingerprint density at radius 1 is 0.967 bits per heavy atom. The molecule has 0 fully saturated rings. The van der Waals surface area contributed by atoms with Crippen molar-refractivity contribution in [1.82, 2.24) is 10.6 Å². The Bertz CT molecular complexity index is 1170. The number of amides is 2. The number of rotatable bonds is 7. The zero-order chi connectivity index (χ0) is 21.7. The van der Waals surface area contributed by atoms with Crippen molar-refractivity contribution in [3.8, 4) is 0 Å². The van der Waals surface area contributed by atoms with E-state index in [0.29, 0.717) is 11.1 Å². The fraction of sp³-hybridized carbons (Fsp3) is 0.143. The molecule has 0 aliphatic carbocycles. The smallest absolute Gasteiger partial charge is 0.357 e. The minimum Gasteiger partial charge on any atom is -0.357 e. The lowest BCUT2D eigenvalue weighted by Crippen LogP contribution is -2.47. The number of hydrogen-bond acceptors (Lipinski definition) is 4. The Labute approximate surface area is 174 Å². The third-order valence-corrected chi connectivity index (χ3v) is 5.04. The van der Waals surface area contributed by atoms with Crippen LogP contribution in [0.1, 0.15) is 15.9 Å². The van der Waals surface area contributed by atoms with E-state index in [4.69, 9.17) is 4.55 Å². The molecule has 8 nitrogen and oxygen atoms in total. The highest BCUT2D eigenvalue weighted by Crippen LogP contribution is 2.19. The molecular formula is C21H21N3O5S. The highest BCUT2D eigenvalue weighted by molar-refractivity contribution is 7.87. The lowest BCUT2D eigenvalue weighted by molar-refractivity contribution is -0.122. The summed E-state index contributed by atoms with van der Waals surface area (Å²) in [6, 6.07) is 18.2. The summed E-state index contributed by atoms with van der Waals surface area (Å²) in [7, 11) is -2.88. The van der Waals surface area contributed by atoms with Gasteiger partial charge in [-0.3, -0.25) is 18.9 Å². The predicted octanol–water partition coefficient (Wildman–Crippen LogP) is 2.14. The zero-order valence-electron chi connectivity index (χ0n) is 16.1. The predicted molar refractivity (Wildman–Crippen MR) is 115 cm³/mol. The third kappa shape index (κ3) is 5.34. The second-order valence-corrected chi connectivity index (χ2v) is 7.80. The van der Waals surface area contributed by atoms with E-state index in [-0.39, 0.29) is 23.9 Å². The van der Waals surface area contributed by atoms with Crippen molar-refractivity contribution >= 4 is 38.6 Å². The van der Waals surface area contributed by atoms with Crippen LogP contribution in [0.3, 0.4) is 0 Å². The second-order valence-electron chi connectivity index (χ2n) is 6.65. The van der Waals surface area contributed by atoms with Crippen LogP contribution in [0.25, 0.3) is 10.8 Å². The number of likely N-dealkylation sites (N-methyl/N-ethyl adjacent to an activating group) is 1. The van der Waals surface area contributed by atoms with Crippen LogP contribution in [0.4, 0.5) is 5.69 Å². The van der Waals surface area contributed by atoms with E-state index < -0.39 is 16.3 Å². The van der Waals surface area contributed by atoms with Crippen LogP contribution in [-0.2, 0) is 21.5 Å². The number of nitrogens with one attached hydrogen (secondary N) is 3. The summed E-state index contributed by atoms with van der Waals surface area (Å²) in [6.45, 7) is 0. The third-order valence-electron chi connectivity index (χ3n) is 4.54. The molecule has 1 unspecified atom stereocenters. The molecule has 3 aromatic carbocycles. The minimum absolute atomic E-state index is 0.178. The van der Waals surface area contributed by atoms with Gasteiger partial charge in [-0.25, -0.2) is 0 Å². The summed E-state index contributed by atoms with van der Waals surface area (Å²) in [5.41, 5.74) is 1.34. The van der Waals surface area contributed by atoms with Gasteiger partial charge in [-0.15, -0.1) is 0 Å². The molecule has 0 saturated heterocycles. The number of fused-ring (bicyclic) bond motifs is 1. The van der Waals surface area contributed by atoms with Crippen LogP contribution in [0.5, 0.6) is 0 Å². The molecule has 0 radical (unpaired) electrons. The number of carbonyl (C=O) groups is 2. The Morgan fingerprint density at radius 2 is 1.63 bits per heavy atom. The van der Waals surface area contributed by atoms with Crippen LogP contribution >= 0.6 is 0 Å². The maximum Gasteiger partial charge on any atom is 0.357 e. The van der Waals surface area contributed by atoms with Gasteiger partial charge in [0.15, 0.2) is 0 Å². The van der Waals surface area contributed by atoms with Crippen molar-refractivity contribution in [2.75, 3.05) is 11.8 Å². The average molecular weight is 427 g/mol. The van der Waals surface area contributed by atoms with E-state index in [9.17, 15) is 18.0 Å². The first-order valence-corrected chi connectivity index (χ1v) is 10.6. The van der Waals surface area contributed by atoms with Gasteiger partial charge < -0.3 is 10.6 Å². The van der Waals surface area contributed by atoms with Crippen molar-refractivity contribution in [1.29, 1.82) is 0 Å². The van der Waals surface area contributed by atoms with Crippen molar-refractivity contribution in [2.45, 2.75) is 12.5 Å². The topological polar surface area (TPSA) is 125 Å². The standard InChI is InChI=1S/C21H21N3O5S/c1-22-21(26)19(13-14-9-11-16(12-10-14)24-30(27,28)29)23-20(25)18-8-4-6-15-5-2-3-7-17(15)18/h2-12,19,24H,13H2,1H3,(H,22,26)(H,23,25)(H,27,28,29). The highest BCUT2D eigenvalue weighted by Gasteiger charge is 2.22. The first-order valence-electron chi connectivity index (χ1n) is 9.11. The molecule has 0 aliphatic rings. The van der Waals surface area contributed by atoms with Crippen LogP contribution in [0.15, 0.2) is 66.7 Å². The normalized spacial score (nSPS) is 12.2. The first kappa shape index (κ1) is 21.3. The molecule has 3 aromatic rings. The zero-order valence-corrected chi connectivity index (χ0v) is 16.9. The molecule has 4 N–H and O–H groups in total. The highest BCUT2D eigenvalue weighted by atomic mass is 32.2. The van der Waals surface area contributed by atoms with Gasteiger partial charge in [0.2, 0.25) is 5.91 Å². The van der Waals surface area contributed by atoms with Gasteiger partial charge in [-0.05, 0) is 34.5 Å². The molecule has 0 aliphatic heterocycles. The van der Waals surface area contributed by atoms with Crippen molar-refractivity contribution in [3.05, 3.63) is 77.9 Å². The average Bonchev–Trinajstić information content (AvgIpc) is 2.72. The quantitative estimate of drug-likeness (QED) is 0.430. The molecular weight excluding hydrogens is 406 g/mol. The molecule has 156 valence electrons. The molecule has 0 aromatic heterocycles. The molecule has 2 amide bonds. The van der Waals surface area contributed by atoms with Gasteiger partial charge in [-0.1, -0.05) is 48.5 Å². The maximum absolute atomic E-state index is 12.9. The van der Waals surface area contributed by atoms with Crippen LogP contribution < -0.4 is 15.4 Å². The molecule has 1 atom stereocenters. The van der Waals surface area contributed by atoms with E-state index in [0.717, 1.165) is 10.8 Å². The Balaban J connectivity index is 1.79. The summed E-state index contributed by atoms with van der Waals surface area (Å²) < 4.78 is 32.5. The second kappa shape index (κ2) is 8.93. The fourth-order valence-electron chi connectivity index (χ4n) is 3.14. The molecule has 0 bridgehead atoms. The van der Waals surface area contributed by atoms with E-state index >= 15 is 0 Å². The van der Waals surface area contributed by atoms with E-state index in [1.165, 1.54) is 19.2 Å². The van der Waals surface area contributed by atoms with E-state index in [1.54, 1.807) is 24.3 Å². The monoisotopic (exact) mass is 427 g/mol. The molecule has 9 heteroatoms. The number of hydrogen-bond donors (Lipinski definition) is 4. The summed E-state index contributed by atoms with van der Waals surface area (Å²) in [4.78, 5) is 25.2. The van der Waals surface area contributed by atoms with Crippen LogP contribution in [0, 0.1) is 0 Å². The molecule has 0 spiro atoms. The lowest BCUT2D eigenvalue weighted by atomic mass is 10.0. The first-order chi connectivity index (χ1) is 14.3. The fourth-order valence-corrected chi connectivity index (χ4v) is 3.57. The number of carbonyl (C=O) groups excluding carboxylic acids is 2. The lowest BCUT2D eigenvalue weighted by Gasteiger charge is -2.18. The number of anilines is 1. The molecule has 0 saturated carbocycles. The van der Waals surface area contributed by atoms with Gasteiger partial charge >= 0.3 is 10.3 Å². The molecule has 0 heterocycles. The van der Waals surface area contributed by atoms with Crippen molar-refractivity contribution < 1.29 is 22.6 Å². The van der Waals surface area contributed by atoms with E-state index in [2.05, 4.69) is 10.6 Å².